The number of carbonyl (C=O) groups excluding carboxylic acids is 3. The minimum atomic E-state index is -1.17. The zero-order chi connectivity index (χ0) is 28.7. The molecule has 4 atom stereocenters. The molecule has 0 saturated heterocycles. The van der Waals surface area contributed by atoms with Gasteiger partial charge in [0.2, 0.25) is 17.7 Å². The van der Waals surface area contributed by atoms with Gasteiger partial charge in [0.15, 0.2) is 5.96 Å². The predicted octanol–water partition coefficient (Wildman–Crippen LogP) is -1.33. The molecule has 1 aromatic heterocycles. The Morgan fingerprint density at radius 2 is 1.68 bits per heavy atom. The molecule has 0 bridgehead atoms. The van der Waals surface area contributed by atoms with Crippen LogP contribution in [-0.4, -0.2) is 87.4 Å². The third-order valence-corrected chi connectivity index (χ3v) is 6.12. The number of hydrogen-bond acceptors (Lipinski definition) is 8. The molecule has 38 heavy (non-hydrogen) atoms. The molecule has 1 heterocycles. The van der Waals surface area contributed by atoms with Crippen molar-refractivity contribution in [2.75, 3.05) is 18.6 Å². The van der Waals surface area contributed by atoms with Gasteiger partial charge in [-0.2, -0.15) is 11.8 Å². The van der Waals surface area contributed by atoms with Gasteiger partial charge in [0.25, 0.3) is 0 Å². The molecule has 0 radical (unpaired) electrons. The molecular formula is C23H41N9O5S. The van der Waals surface area contributed by atoms with E-state index >= 15 is 0 Å². The second-order valence-corrected chi connectivity index (χ2v) is 10.3. The molecule has 0 aliphatic rings. The molecule has 0 saturated carbocycles. The molecule has 0 aromatic carbocycles. The fraction of sp³-hybridized carbons (Fsp3) is 0.652. The number of guanidine groups is 1. The van der Waals surface area contributed by atoms with Crippen LogP contribution in [0, 0.1) is 5.92 Å². The van der Waals surface area contributed by atoms with Crippen LogP contribution < -0.4 is 33.2 Å². The predicted molar refractivity (Wildman–Crippen MR) is 146 cm³/mol. The lowest BCUT2D eigenvalue weighted by Gasteiger charge is -2.26. The minimum Gasteiger partial charge on any atom is -0.480 e. The molecule has 0 aliphatic carbocycles. The van der Waals surface area contributed by atoms with Crippen LogP contribution in [0.1, 0.15) is 45.2 Å². The highest BCUT2D eigenvalue weighted by Gasteiger charge is 2.30. The van der Waals surface area contributed by atoms with Crippen molar-refractivity contribution in [3.63, 3.8) is 0 Å². The number of aromatic amines is 1. The maximum Gasteiger partial charge on any atom is 0.326 e. The minimum absolute atomic E-state index is 0.0342. The van der Waals surface area contributed by atoms with Gasteiger partial charge in [0, 0.05) is 24.9 Å². The van der Waals surface area contributed by atoms with Crippen LogP contribution in [0.3, 0.4) is 0 Å². The maximum atomic E-state index is 13.3. The highest BCUT2D eigenvalue weighted by atomic mass is 32.2. The number of nitrogens with zero attached hydrogens (tertiary/aromatic N) is 2. The SMILES string of the molecule is CSCCC(NC(=O)C(CCCN=C(N)N)NC(=O)C(CC(C)C)NC(=O)C(N)Cc1cnc[nH]1)C(=O)O. The summed E-state index contributed by atoms with van der Waals surface area (Å²) in [4.78, 5) is 61.3. The van der Waals surface area contributed by atoms with Gasteiger partial charge >= 0.3 is 5.97 Å². The number of nitrogens with one attached hydrogen (secondary N) is 4. The Bertz CT molecular complexity index is 922. The molecule has 14 nitrogen and oxygen atoms in total. The zero-order valence-corrected chi connectivity index (χ0v) is 22.9. The van der Waals surface area contributed by atoms with Gasteiger partial charge in [-0.05, 0) is 43.6 Å². The van der Waals surface area contributed by atoms with Gasteiger partial charge in [-0.15, -0.1) is 0 Å². The first-order valence-electron chi connectivity index (χ1n) is 12.4. The average molecular weight is 556 g/mol. The highest BCUT2D eigenvalue weighted by Crippen LogP contribution is 2.09. The van der Waals surface area contributed by atoms with E-state index in [-0.39, 0.29) is 37.7 Å². The lowest BCUT2D eigenvalue weighted by atomic mass is 10.0. The number of aliphatic imine (C=N–C) groups is 1. The lowest BCUT2D eigenvalue weighted by Crippen LogP contribution is -2.57. The third kappa shape index (κ3) is 12.8. The van der Waals surface area contributed by atoms with Crippen molar-refractivity contribution in [3.8, 4) is 0 Å². The molecule has 1 aromatic rings. The molecule has 214 valence electrons. The average Bonchev–Trinajstić information content (AvgIpc) is 3.35. The van der Waals surface area contributed by atoms with Crippen molar-refractivity contribution in [1.82, 2.24) is 25.9 Å². The normalized spacial score (nSPS) is 14.1. The number of carboxylic acids is 1. The highest BCUT2D eigenvalue weighted by molar-refractivity contribution is 7.98. The summed E-state index contributed by atoms with van der Waals surface area (Å²) in [5, 5.41) is 17.3. The standard InChI is InChI=1S/C23H41N9O5S/c1-13(2)9-18(32-19(33)15(24)10-14-11-27-12-29-14)21(35)30-16(5-4-7-28-23(25)26)20(34)31-17(22(36)37)6-8-38-3/h11-13,15-18H,4-10,24H2,1-3H3,(H,27,29)(H,30,35)(H,31,34)(H,32,33)(H,36,37)(H4,25,26,28). The van der Waals surface area contributed by atoms with E-state index in [1.54, 1.807) is 6.20 Å². The van der Waals surface area contributed by atoms with Crippen LogP contribution in [0.4, 0.5) is 0 Å². The summed E-state index contributed by atoms with van der Waals surface area (Å²) in [6, 6.07) is -4.07. The number of H-pyrrole nitrogens is 1. The van der Waals surface area contributed by atoms with Crippen LogP contribution >= 0.6 is 11.8 Å². The number of thioether (sulfide) groups is 1. The van der Waals surface area contributed by atoms with Gasteiger partial charge in [0.1, 0.15) is 18.1 Å². The molecule has 0 spiro atoms. The number of carboxylic acid groups (broad SMARTS) is 1. The van der Waals surface area contributed by atoms with E-state index in [1.807, 2.05) is 20.1 Å². The number of nitrogens with two attached hydrogens (primary N) is 3. The number of aliphatic carboxylic acids is 1. The molecule has 4 unspecified atom stereocenters. The Hall–Kier alpha value is -3.33. The van der Waals surface area contributed by atoms with Crippen molar-refractivity contribution in [2.45, 2.75) is 70.1 Å². The molecule has 3 amide bonds. The summed E-state index contributed by atoms with van der Waals surface area (Å²) in [5.41, 5.74) is 17.4. The summed E-state index contributed by atoms with van der Waals surface area (Å²) in [6.07, 6.45) is 6.06. The van der Waals surface area contributed by atoms with E-state index in [2.05, 4.69) is 30.9 Å². The van der Waals surface area contributed by atoms with Crippen molar-refractivity contribution >= 4 is 41.4 Å². The van der Waals surface area contributed by atoms with Crippen LogP contribution in [0.25, 0.3) is 0 Å². The summed E-state index contributed by atoms with van der Waals surface area (Å²) in [7, 11) is 0. The molecule has 0 aliphatic heterocycles. The van der Waals surface area contributed by atoms with E-state index < -0.39 is 47.9 Å². The molecule has 15 heteroatoms. The number of aromatic nitrogens is 2. The maximum absolute atomic E-state index is 13.3. The van der Waals surface area contributed by atoms with Crippen LogP contribution in [0.5, 0.6) is 0 Å². The first-order chi connectivity index (χ1) is 17.9. The summed E-state index contributed by atoms with van der Waals surface area (Å²) >= 11 is 1.45. The van der Waals surface area contributed by atoms with E-state index in [9.17, 15) is 24.3 Å². The summed E-state index contributed by atoms with van der Waals surface area (Å²) < 4.78 is 0. The Labute approximate surface area is 226 Å². The Morgan fingerprint density at radius 3 is 2.24 bits per heavy atom. The van der Waals surface area contributed by atoms with Crippen LogP contribution in [0.15, 0.2) is 17.5 Å². The number of rotatable bonds is 18. The largest absolute Gasteiger partial charge is 0.480 e. The Morgan fingerprint density at radius 1 is 1.05 bits per heavy atom. The van der Waals surface area contributed by atoms with Crippen molar-refractivity contribution < 1.29 is 24.3 Å². The monoisotopic (exact) mass is 555 g/mol. The molecule has 11 N–H and O–H groups in total. The topological polar surface area (TPSA) is 244 Å². The van der Waals surface area contributed by atoms with Crippen LogP contribution in [0.2, 0.25) is 0 Å². The second kappa shape index (κ2) is 17.2. The Kier molecular flexibility index (Phi) is 14.8. The molecule has 0 fully saturated rings. The lowest BCUT2D eigenvalue weighted by molar-refractivity contribution is -0.142. The van der Waals surface area contributed by atoms with Crippen LogP contribution in [-0.2, 0) is 25.6 Å². The van der Waals surface area contributed by atoms with E-state index in [0.717, 1.165) is 0 Å². The summed E-state index contributed by atoms with van der Waals surface area (Å²) in [6.45, 7) is 3.99. The summed E-state index contributed by atoms with van der Waals surface area (Å²) in [5.74, 6) is -2.48. The van der Waals surface area contributed by atoms with E-state index in [0.29, 0.717) is 24.3 Å². The first kappa shape index (κ1) is 32.7. The number of hydrogen-bond donors (Lipinski definition) is 8. The second-order valence-electron chi connectivity index (χ2n) is 9.27. The molecule has 1 rings (SSSR count). The van der Waals surface area contributed by atoms with E-state index in [1.165, 1.54) is 18.1 Å². The zero-order valence-electron chi connectivity index (χ0n) is 22.1. The quantitative estimate of drug-likeness (QED) is 0.0602. The molecular weight excluding hydrogens is 514 g/mol. The first-order valence-corrected chi connectivity index (χ1v) is 13.7. The van der Waals surface area contributed by atoms with E-state index in [4.69, 9.17) is 17.2 Å². The fourth-order valence-corrected chi connectivity index (χ4v) is 3.99. The van der Waals surface area contributed by atoms with Crippen molar-refractivity contribution in [2.24, 2.45) is 28.1 Å². The fourth-order valence-electron chi connectivity index (χ4n) is 3.52. The third-order valence-electron chi connectivity index (χ3n) is 5.48. The Balaban J connectivity index is 2.98. The van der Waals surface area contributed by atoms with Gasteiger partial charge in [0.05, 0.1) is 12.4 Å². The van der Waals surface area contributed by atoms with Gasteiger partial charge < -0.3 is 43.2 Å². The van der Waals surface area contributed by atoms with Gasteiger partial charge in [-0.3, -0.25) is 19.4 Å². The number of carbonyl (C=O) groups is 4. The van der Waals surface area contributed by atoms with Crippen molar-refractivity contribution in [3.05, 3.63) is 18.2 Å². The van der Waals surface area contributed by atoms with Crippen molar-refractivity contribution in [1.29, 1.82) is 0 Å². The van der Waals surface area contributed by atoms with Gasteiger partial charge in [-0.25, -0.2) is 9.78 Å². The number of imidazole rings is 1. The van der Waals surface area contributed by atoms with Gasteiger partial charge in [-0.1, -0.05) is 13.8 Å². The number of amides is 3. The smallest absolute Gasteiger partial charge is 0.326 e.